The molecule has 0 radical (unpaired) electrons. The van der Waals surface area contributed by atoms with E-state index in [9.17, 15) is 14.7 Å². The second kappa shape index (κ2) is 5.32. The Morgan fingerprint density at radius 2 is 1.95 bits per heavy atom. The van der Waals surface area contributed by atoms with Crippen molar-refractivity contribution in [3.05, 3.63) is 34.3 Å². The number of thioether (sulfide) groups is 1. The lowest BCUT2D eigenvalue weighted by Gasteiger charge is -2.29. The maximum atomic E-state index is 13.0. The van der Waals surface area contributed by atoms with Crippen LogP contribution in [0.25, 0.3) is 0 Å². The third-order valence-corrected chi connectivity index (χ3v) is 6.04. The number of carboxylic acids is 1. The standard InChI is InChI=1S/C15H16BrNO3S/c1-9-17(12(8-21-9)13(18)19)14(20)15(6-7-15)10-2-4-11(16)5-3-10/h2-5,9,12H,6-8H2,1H3,(H,18,19). The Kier molecular flexibility index (Phi) is 3.78. The van der Waals surface area contributed by atoms with E-state index in [0.29, 0.717) is 5.75 Å². The van der Waals surface area contributed by atoms with E-state index in [1.54, 1.807) is 4.90 Å². The lowest BCUT2D eigenvalue weighted by Crippen LogP contribution is -2.49. The molecule has 112 valence electrons. The Bertz CT molecular complexity index is 585. The minimum absolute atomic E-state index is 0.0327. The zero-order valence-corrected chi connectivity index (χ0v) is 14.0. The largest absolute Gasteiger partial charge is 0.480 e. The second-order valence-electron chi connectivity index (χ2n) is 5.59. The number of hydrogen-bond acceptors (Lipinski definition) is 3. The van der Waals surface area contributed by atoms with Crippen LogP contribution in [0.2, 0.25) is 0 Å². The second-order valence-corrected chi connectivity index (χ2v) is 7.85. The van der Waals surface area contributed by atoms with Crippen LogP contribution in [0.1, 0.15) is 25.3 Å². The highest BCUT2D eigenvalue weighted by atomic mass is 79.9. The number of carboxylic acid groups (broad SMARTS) is 1. The predicted molar refractivity (Wildman–Crippen MR) is 85.2 cm³/mol. The zero-order valence-electron chi connectivity index (χ0n) is 11.6. The Balaban J connectivity index is 1.90. The summed E-state index contributed by atoms with van der Waals surface area (Å²) in [6.45, 7) is 1.91. The summed E-state index contributed by atoms with van der Waals surface area (Å²) in [5.41, 5.74) is 0.483. The van der Waals surface area contributed by atoms with Crippen LogP contribution < -0.4 is 0 Å². The smallest absolute Gasteiger partial charge is 0.327 e. The molecule has 1 heterocycles. The van der Waals surface area contributed by atoms with Crippen LogP contribution in [0.15, 0.2) is 28.7 Å². The van der Waals surface area contributed by atoms with Crippen LogP contribution in [-0.2, 0) is 15.0 Å². The van der Waals surface area contributed by atoms with Crippen molar-refractivity contribution in [2.24, 2.45) is 0 Å². The molecule has 1 saturated carbocycles. The first kappa shape index (κ1) is 14.9. The van der Waals surface area contributed by atoms with E-state index in [-0.39, 0.29) is 11.3 Å². The molecule has 2 fully saturated rings. The average Bonchev–Trinajstić information content (AvgIpc) is 3.16. The molecule has 1 saturated heterocycles. The summed E-state index contributed by atoms with van der Waals surface area (Å²) < 4.78 is 0.975. The van der Waals surface area contributed by atoms with Gasteiger partial charge in [0.1, 0.15) is 6.04 Å². The molecular formula is C15H16BrNO3S. The quantitative estimate of drug-likeness (QED) is 0.889. The molecule has 1 aliphatic carbocycles. The van der Waals surface area contributed by atoms with Gasteiger partial charge in [-0.3, -0.25) is 4.79 Å². The number of amides is 1. The van der Waals surface area contributed by atoms with Crippen molar-refractivity contribution in [2.45, 2.75) is 36.6 Å². The fourth-order valence-electron chi connectivity index (χ4n) is 2.91. The summed E-state index contributed by atoms with van der Waals surface area (Å²) in [5.74, 6) is -0.472. The average molecular weight is 370 g/mol. The number of carbonyl (C=O) groups excluding carboxylic acids is 1. The number of hydrogen-bond donors (Lipinski definition) is 1. The van der Waals surface area contributed by atoms with Crippen molar-refractivity contribution in [3.8, 4) is 0 Å². The molecule has 4 nitrogen and oxygen atoms in total. The molecule has 0 spiro atoms. The van der Waals surface area contributed by atoms with Gasteiger partial charge in [0.05, 0.1) is 10.8 Å². The predicted octanol–water partition coefficient (Wildman–Crippen LogP) is 2.86. The highest BCUT2D eigenvalue weighted by Crippen LogP contribution is 2.51. The van der Waals surface area contributed by atoms with E-state index in [4.69, 9.17) is 0 Å². The monoisotopic (exact) mass is 369 g/mol. The number of nitrogens with zero attached hydrogens (tertiary/aromatic N) is 1. The molecule has 3 rings (SSSR count). The van der Waals surface area contributed by atoms with E-state index >= 15 is 0 Å². The van der Waals surface area contributed by atoms with Crippen molar-refractivity contribution < 1.29 is 14.7 Å². The topological polar surface area (TPSA) is 57.6 Å². The molecule has 1 aliphatic heterocycles. The molecule has 21 heavy (non-hydrogen) atoms. The Morgan fingerprint density at radius 3 is 2.48 bits per heavy atom. The van der Waals surface area contributed by atoms with E-state index in [2.05, 4.69) is 15.9 Å². The number of rotatable bonds is 3. The third-order valence-electron chi connectivity index (χ3n) is 4.30. The van der Waals surface area contributed by atoms with Gasteiger partial charge in [0.25, 0.3) is 0 Å². The Morgan fingerprint density at radius 1 is 1.33 bits per heavy atom. The van der Waals surface area contributed by atoms with Crippen LogP contribution >= 0.6 is 27.7 Å². The van der Waals surface area contributed by atoms with Gasteiger partial charge in [-0.2, -0.15) is 0 Å². The molecule has 2 unspecified atom stereocenters. The van der Waals surface area contributed by atoms with Gasteiger partial charge in [0.15, 0.2) is 0 Å². The molecule has 0 aromatic heterocycles. The number of aliphatic carboxylic acids is 1. The van der Waals surface area contributed by atoms with Gasteiger partial charge in [-0.05, 0) is 37.5 Å². The molecule has 2 atom stereocenters. The minimum Gasteiger partial charge on any atom is -0.480 e. The lowest BCUT2D eigenvalue weighted by molar-refractivity contribution is -0.150. The highest BCUT2D eigenvalue weighted by Gasteiger charge is 2.56. The summed E-state index contributed by atoms with van der Waals surface area (Å²) in [6.07, 6.45) is 1.60. The third kappa shape index (κ3) is 2.48. The summed E-state index contributed by atoms with van der Waals surface area (Å²) in [5, 5.41) is 9.25. The molecule has 0 bridgehead atoms. The van der Waals surface area contributed by atoms with Gasteiger partial charge in [0, 0.05) is 10.2 Å². The molecule has 1 amide bonds. The van der Waals surface area contributed by atoms with Crippen molar-refractivity contribution in [2.75, 3.05) is 5.75 Å². The highest BCUT2D eigenvalue weighted by molar-refractivity contribution is 9.10. The van der Waals surface area contributed by atoms with Crippen molar-refractivity contribution in [3.63, 3.8) is 0 Å². The van der Waals surface area contributed by atoms with Crippen LogP contribution in [0.5, 0.6) is 0 Å². The van der Waals surface area contributed by atoms with Gasteiger partial charge in [-0.25, -0.2) is 4.79 Å². The fourth-order valence-corrected chi connectivity index (χ4v) is 4.34. The fraction of sp³-hybridized carbons (Fsp3) is 0.467. The minimum atomic E-state index is -0.910. The molecule has 1 aromatic carbocycles. The van der Waals surface area contributed by atoms with E-state index < -0.39 is 17.4 Å². The van der Waals surface area contributed by atoms with E-state index in [1.807, 2.05) is 31.2 Å². The van der Waals surface area contributed by atoms with E-state index in [1.165, 1.54) is 11.8 Å². The van der Waals surface area contributed by atoms with Crippen molar-refractivity contribution in [1.82, 2.24) is 4.90 Å². The maximum Gasteiger partial charge on any atom is 0.327 e. The van der Waals surface area contributed by atoms with Crippen LogP contribution in [0.3, 0.4) is 0 Å². The first-order chi connectivity index (χ1) is 9.95. The van der Waals surface area contributed by atoms with Gasteiger partial charge in [-0.1, -0.05) is 28.1 Å². The normalized spacial score (nSPS) is 26.7. The Hall–Kier alpha value is -1.01. The number of halogens is 1. The van der Waals surface area contributed by atoms with Crippen LogP contribution in [0, 0.1) is 0 Å². The summed E-state index contributed by atoms with van der Waals surface area (Å²) in [7, 11) is 0. The molecule has 1 aromatic rings. The first-order valence-corrected chi connectivity index (χ1v) is 8.73. The lowest BCUT2D eigenvalue weighted by atomic mass is 9.93. The SMILES string of the molecule is CC1SCC(C(=O)O)N1C(=O)C1(c2ccc(Br)cc2)CC1. The maximum absolute atomic E-state index is 13.0. The van der Waals surface area contributed by atoms with Crippen molar-refractivity contribution in [1.29, 1.82) is 0 Å². The molecular weight excluding hydrogens is 354 g/mol. The number of carbonyl (C=O) groups is 2. The Labute approximate surface area is 136 Å². The summed E-state index contributed by atoms with van der Waals surface area (Å²) >= 11 is 4.93. The van der Waals surface area contributed by atoms with Crippen LogP contribution in [0.4, 0.5) is 0 Å². The van der Waals surface area contributed by atoms with Gasteiger partial charge in [-0.15, -0.1) is 11.8 Å². The number of benzene rings is 1. The molecule has 1 N–H and O–H groups in total. The van der Waals surface area contributed by atoms with Gasteiger partial charge < -0.3 is 10.0 Å². The molecule has 6 heteroatoms. The summed E-state index contributed by atoms with van der Waals surface area (Å²) in [6, 6.07) is 7.07. The van der Waals surface area contributed by atoms with Gasteiger partial charge >= 0.3 is 5.97 Å². The van der Waals surface area contributed by atoms with E-state index in [0.717, 1.165) is 22.9 Å². The zero-order chi connectivity index (χ0) is 15.2. The van der Waals surface area contributed by atoms with Crippen molar-refractivity contribution >= 4 is 39.6 Å². The van der Waals surface area contributed by atoms with Gasteiger partial charge in [0.2, 0.25) is 5.91 Å². The van der Waals surface area contributed by atoms with Crippen LogP contribution in [-0.4, -0.2) is 39.1 Å². The first-order valence-electron chi connectivity index (χ1n) is 6.89. The summed E-state index contributed by atoms with van der Waals surface area (Å²) in [4.78, 5) is 25.9. The molecule has 2 aliphatic rings.